The maximum Gasteiger partial charge on any atom is 0.152 e. The maximum absolute atomic E-state index is 10.3. The Morgan fingerprint density at radius 1 is 1.62 bits per heavy atom. The Hall–Kier alpha value is 0.300. The normalized spacial score (nSPS) is 11.8. The van der Waals surface area contributed by atoms with E-state index in [2.05, 4.69) is 6.26 Å². The fourth-order valence-electron chi connectivity index (χ4n) is 0.210. The van der Waals surface area contributed by atoms with Gasteiger partial charge in [0.15, 0.2) is 9.84 Å². The molecule has 0 heterocycles. The molecule has 0 saturated carbocycles. The highest BCUT2D eigenvalue weighted by molar-refractivity contribution is 8.00. The fourth-order valence-corrected chi connectivity index (χ4v) is 1.89. The lowest BCUT2D eigenvalue weighted by molar-refractivity contribution is 0.606. The summed E-state index contributed by atoms with van der Waals surface area (Å²) in [5.41, 5.74) is 0. The average molecular weight is 153 g/mol. The third kappa shape index (κ3) is 6.30. The molecule has 0 aromatic heterocycles. The highest BCUT2D eigenvalue weighted by Crippen LogP contribution is 1.94. The zero-order valence-corrected chi connectivity index (χ0v) is 6.39. The van der Waals surface area contributed by atoms with Crippen molar-refractivity contribution >= 4 is 21.6 Å². The van der Waals surface area contributed by atoms with Gasteiger partial charge in [-0.3, -0.25) is 0 Å². The highest BCUT2D eigenvalue weighted by Gasteiger charge is 1.98. The van der Waals surface area contributed by atoms with E-state index in [0.29, 0.717) is 5.75 Å². The lowest BCUT2D eigenvalue weighted by Gasteiger charge is -1.91. The molecule has 8 heavy (non-hydrogen) atoms. The van der Waals surface area contributed by atoms with Gasteiger partial charge in [-0.2, -0.15) is 11.8 Å². The van der Waals surface area contributed by atoms with Gasteiger partial charge in [-0.1, -0.05) is 0 Å². The van der Waals surface area contributed by atoms with Crippen LogP contribution in [0.15, 0.2) is 0 Å². The quantitative estimate of drug-likeness (QED) is 0.594. The Balaban J connectivity index is 3.42. The van der Waals surface area contributed by atoms with Crippen LogP contribution >= 0.6 is 11.8 Å². The summed E-state index contributed by atoms with van der Waals surface area (Å²) in [5.74, 6) is 0.833. The zero-order valence-electron chi connectivity index (χ0n) is 4.75. The van der Waals surface area contributed by atoms with Crippen LogP contribution in [-0.4, -0.2) is 26.2 Å². The number of rotatable bonds is 3. The van der Waals surface area contributed by atoms with Gasteiger partial charge < -0.3 is 0 Å². The van der Waals surface area contributed by atoms with E-state index >= 15 is 0 Å². The summed E-state index contributed by atoms with van der Waals surface area (Å²) in [6.07, 6.45) is 4.83. The molecule has 1 radical (unpaired) electrons. The average Bonchev–Trinajstić information content (AvgIpc) is 1.59. The molecule has 0 saturated heterocycles. The highest BCUT2D eigenvalue weighted by atomic mass is 32.2. The monoisotopic (exact) mass is 153 g/mol. The maximum atomic E-state index is 10.3. The van der Waals surface area contributed by atoms with Gasteiger partial charge in [-0.25, -0.2) is 8.42 Å². The van der Waals surface area contributed by atoms with Crippen molar-refractivity contribution in [1.82, 2.24) is 0 Å². The summed E-state index contributed by atoms with van der Waals surface area (Å²) in [5, 5.41) is 0. The number of sulfone groups is 1. The Labute approximate surface area is 54.6 Å². The van der Waals surface area contributed by atoms with Crippen LogP contribution in [0, 0.1) is 6.26 Å². The first-order valence-electron chi connectivity index (χ1n) is 2.11. The first-order chi connectivity index (χ1) is 3.56. The minimum atomic E-state index is -2.96. The van der Waals surface area contributed by atoms with Crippen molar-refractivity contribution in [2.24, 2.45) is 0 Å². The van der Waals surface area contributed by atoms with Gasteiger partial charge in [0.1, 0.15) is 0 Å². The number of hydrogen-bond donors (Lipinski definition) is 0. The van der Waals surface area contributed by atoms with Crippen molar-refractivity contribution < 1.29 is 8.42 Å². The molecule has 0 atom stereocenters. The molecular formula is C4H9O2S2. The van der Waals surface area contributed by atoms with Gasteiger partial charge in [0, 0.05) is 5.75 Å². The molecule has 0 spiro atoms. The standard InChI is InChI=1S/C4H9O2S2/c1-7-3-4-8(2,5)6/h2-4H2,1H3. The van der Waals surface area contributed by atoms with E-state index in [-0.39, 0.29) is 5.75 Å². The van der Waals surface area contributed by atoms with Crippen LogP contribution in [0.25, 0.3) is 0 Å². The van der Waals surface area contributed by atoms with Gasteiger partial charge >= 0.3 is 0 Å². The van der Waals surface area contributed by atoms with Crippen LogP contribution in [0.5, 0.6) is 0 Å². The predicted octanol–water partition coefficient (Wildman–Crippen LogP) is 0.556. The fraction of sp³-hybridized carbons (Fsp3) is 0.750. The predicted molar refractivity (Wildman–Crippen MR) is 37.5 cm³/mol. The van der Waals surface area contributed by atoms with Crippen LogP contribution in [0.4, 0.5) is 0 Å². The van der Waals surface area contributed by atoms with Gasteiger partial charge in [0.05, 0.1) is 12.0 Å². The molecule has 0 rings (SSSR count). The topological polar surface area (TPSA) is 34.1 Å². The molecule has 0 unspecified atom stereocenters. The van der Waals surface area contributed by atoms with Crippen molar-refractivity contribution in [3.05, 3.63) is 6.26 Å². The molecule has 0 N–H and O–H groups in total. The van der Waals surface area contributed by atoms with Crippen LogP contribution < -0.4 is 0 Å². The van der Waals surface area contributed by atoms with Crippen LogP contribution in [0.3, 0.4) is 0 Å². The smallest absolute Gasteiger partial charge is 0.152 e. The van der Waals surface area contributed by atoms with E-state index < -0.39 is 9.84 Å². The van der Waals surface area contributed by atoms with Gasteiger partial charge in [-0.05, 0) is 6.26 Å². The second-order valence-electron chi connectivity index (χ2n) is 1.44. The Bertz CT molecular complexity index is 136. The minimum Gasteiger partial charge on any atom is -0.229 e. The molecule has 0 amide bonds. The van der Waals surface area contributed by atoms with E-state index in [1.807, 2.05) is 6.26 Å². The van der Waals surface area contributed by atoms with Crippen LogP contribution in [0.2, 0.25) is 0 Å². The molecule has 0 bridgehead atoms. The van der Waals surface area contributed by atoms with E-state index in [9.17, 15) is 8.42 Å². The van der Waals surface area contributed by atoms with Crippen molar-refractivity contribution in [2.75, 3.05) is 17.8 Å². The van der Waals surface area contributed by atoms with Gasteiger partial charge in [-0.15, -0.1) is 0 Å². The molecule has 49 valence electrons. The van der Waals surface area contributed by atoms with Gasteiger partial charge in [0.25, 0.3) is 0 Å². The largest absolute Gasteiger partial charge is 0.229 e. The first-order valence-corrected chi connectivity index (χ1v) is 5.32. The number of hydrogen-bond acceptors (Lipinski definition) is 3. The molecule has 4 heteroatoms. The number of thioether (sulfide) groups is 1. The van der Waals surface area contributed by atoms with Crippen molar-refractivity contribution in [3.8, 4) is 0 Å². The third-order valence-electron chi connectivity index (χ3n) is 0.598. The molecule has 0 aliphatic carbocycles. The Morgan fingerprint density at radius 2 is 2.12 bits per heavy atom. The van der Waals surface area contributed by atoms with Crippen molar-refractivity contribution in [3.63, 3.8) is 0 Å². The summed E-state index contributed by atoms with van der Waals surface area (Å²) >= 11 is 1.51. The Kier molecular flexibility index (Phi) is 3.48. The molecule has 0 aliphatic heterocycles. The molecule has 0 aromatic carbocycles. The lowest BCUT2D eigenvalue weighted by Crippen LogP contribution is -2.01. The summed E-state index contributed by atoms with van der Waals surface area (Å²) in [6.45, 7) is 0. The van der Waals surface area contributed by atoms with Gasteiger partial charge in [0.2, 0.25) is 0 Å². The summed E-state index contributed by atoms with van der Waals surface area (Å²) in [7, 11) is -2.96. The first kappa shape index (κ1) is 8.30. The molecule has 0 aromatic rings. The summed E-state index contributed by atoms with van der Waals surface area (Å²) in [4.78, 5) is 0. The van der Waals surface area contributed by atoms with Crippen LogP contribution in [-0.2, 0) is 9.84 Å². The van der Waals surface area contributed by atoms with E-state index in [1.165, 1.54) is 11.8 Å². The Morgan fingerprint density at radius 3 is 2.25 bits per heavy atom. The van der Waals surface area contributed by atoms with E-state index in [0.717, 1.165) is 0 Å². The summed E-state index contributed by atoms with van der Waals surface area (Å²) < 4.78 is 20.5. The molecule has 0 fully saturated rings. The zero-order chi connectivity index (χ0) is 6.62. The van der Waals surface area contributed by atoms with Crippen molar-refractivity contribution in [2.45, 2.75) is 0 Å². The third-order valence-corrected chi connectivity index (χ3v) is 2.30. The minimum absolute atomic E-state index is 0.189. The molecular weight excluding hydrogens is 144 g/mol. The second kappa shape index (κ2) is 3.35. The SMILES string of the molecule is [CH2]S(=O)(=O)CCSC. The van der Waals surface area contributed by atoms with E-state index in [4.69, 9.17) is 0 Å². The molecule has 0 aliphatic rings. The van der Waals surface area contributed by atoms with E-state index in [1.54, 1.807) is 0 Å². The molecule has 2 nitrogen and oxygen atoms in total. The summed E-state index contributed by atoms with van der Waals surface area (Å²) in [6, 6.07) is 0. The van der Waals surface area contributed by atoms with Crippen molar-refractivity contribution in [1.29, 1.82) is 0 Å². The lowest BCUT2D eigenvalue weighted by atomic mass is 11.0. The van der Waals surface area contributed by atoms with Crippen LogP contribution in [0.1, 0.15) is 0 Å². The second-order valence-corrected chi connectivity index (χ2v) is 4.32.